The third-order valence-corrected chi connectivity index (χ3v) is 3.09. The first-order chi connectivity index (χ1) is 10.2. The van der Waals surface area contributed by atoms with Gasteiger partial charge in [0.25, 0.3) is 0 Å². The van der Waals surface area contributed by atoms with Crippen molar-refractivity contribution >= 4 is 11.7 Å². The number of nitrogens with one attached hydrogen (secondary N) is 1. The molecule has 2 aromatic rings. The molecule has 5 nitrogen and oxygen atoms in total. The highest BCUT2D eigenvalue weighted by atomic mass is 16.5. The van der Waals surface area contributed by atoms with Gasteiger partial charge in [-0.05, 0) is 30.3 Å². The molecule has 0 aliphatic rings. The van der Waals surface area contributed by atoms with Gasteiger partial charge in [-0.1, -0.05) is 12.1 Å². The number of phenolic OH excluding ortho intramolecular Hbond substituents is 1. The molecule has 110 valence electrons. The zero-order valence-corrected chi connectivity index (χ0v) is 11.9. The fourth-order valence-electron chi connectivity index (χ4n) is 1.91. The Balaban J connectivity index is 2.05. The van der Waals surface area contributed by atoms with Crippen LogP contribution >= 0.6 is 0 Å². The minimum absolute atomic E-state index is 0.124. The third-order valence-electron chi connectivity index (χ3n) is 3.09. The van der Waals surface area contributed by atoms with Crippen LogP contribution in [0.3, 0.4) is 0 Å². The largest absolute Gasteiger partial charge is 0.504 e. The van der Waals surface area contributed by atoms with Crippen LogP contribution in [0.2, 0.25) is 0 Å². The molecule has 0 fully saturated rings. The number of para-hydroxylation sites is 1. The number of benzene rings is 2. The van der Waals surface area contributed by atoms with Crippen molar-refractivity contribution in [2.45, 2.75) is 6.54 Å². The van der Waals surface area contributed by atoms with Crippen molar-refractivity contribution in [3.8, 4) is 11.5 Å². The molecule has 0 radical (unpaired) electrons. The van der Waals surface area contributed by atoms with Crippen LogP contribution in [0.25, 0.3) is 0 Å². The molecule has 0 spiro atoms. The summed E-state index contributed by atoms with van der Waals surface area (Å²) in [6, 6.07) is 12.2. The SMILES string of the molecule is COC(=O)c1ccc(NCc2cccc(OC)c2O)cc1. The van der Waals surface area contributed by atoms with Crippen LogP contribution in [-0.4, -0.2) is 25.3 Å². The van der Waals surface area contributed by atoms with E-state index in [0.29, 0.717) is 17.9 Å². The first kappa shape index (κ1) is 14.7. The highest BCUT2D eigenvalue weighted by molar-refractivity contribution is 5.89. The average Bonchev–Trinajstić information content (AvgIpc) is 2.53. The van der Waals surface area contributed by atoms with E-state index >= 15 is 0 Å². The Labute approximate surface area is 123 Å². The molecule has 0 unspecified atom stereocenters. The Morgan fingerprint density at radius 3 is 2.48 bits per heavy atom. The quantitative estimate of drug-likeness (QED) is 0.828. The highest BCUT2D eigenvalue weighted by Gasteiger charge is 2.07. The average molecular weight is 287 g/mol. The first-order valence-corrected chi connectivity index (χ1v) is 6.42. The van der Waals surface area contributed by atoms with E-state index < -0.39 is 0 Å². The Bertz CT molecular complexity index is 623. The topological polar surface area (TPSA) is 67.8 Å². The molecule has 2 rings (SSSR count). The molecule has 2 N–H and O–H groups in total. The van der Waals surface area contributed by atoms with E-state index in [9.17, 15) is 9.90 Å². The van der Waals surface area contributed by atoms with Gasteiger partial charge in [0.05, 0.1) is 19.8 Å². The molecule has 0 aliphatic heterocycles. The lowest BCUT2D eigenvalue weighted by Gasteiger charge is -2.11. The number of hydrogen-bond donors (Lipinski definition) is 2. The van der Waals surface area contributed by atoms with Gasteiger partial charge in [0, 0.05) is 17.8 Å². The second-order valence-electron chi connectivity index (χ2n) is 4.39. The number of aromatic hydroxyl groups is 1. The molecule has 0 atom stereocenters. The van der Waals surface area contributed by atoms with E-state index in [4.69, 9.17) is 4.74 Å². The number of ether oxygens (including phenoxy) is 2. The van der Waals surface area contributed by atoms with Crippen LogP contribution in [0.5, 0.6) is 11.5 Å². The van der Waals surface area contributed by atoms with Crippen LogP contribution < -0.4 is 10.1 Å². The lowest BCUT2D eigenvalue weighted by atomic mass is 10.1. The van der Waals surface area contributed by atoms with Gasteiger partial charge in [0.15, 0.2) is 11.5 Å². The Morgan fingerprint density at radius 2 is 1.86 bits per heavy atom. The molecule has 0 bridgehead atoms. The van der Waals surface area contributed by atoms with E-state index in [1.54, 1.807) is 30.3 Å². The van der Waals surface area contributed by atoms with Gasteiger partial charge in [-0.25, -0.2) is 4.79 Å². The van der Waals surface area contributed by atoms with Crippen molar-refractivity contribution in [1.29, 1.82) is 0 Å². The van der Waals surface area contributed by atoms with Crippen molar-refractivity contribution < 1.29 is 19.4 Å². The molecular formula is C16H17NO4. The monoisotopic (exact) mass is 287 g/mol. The molecule has 21 heavy (non-hydrogen) atoms. The summed E-state index contributed by atoms with van der Waals surface area (Å²) in [6.07, 6.45) is 0. The maximum absolute atomic E-state index is 11.3. The van der Waals surface area contributed by atoms with Gasteiger partial charge in [0.1, 0.15) is 0 Å². The Morgan fingerprint density at radius 1 is 1.14 bits per heavy atom. The number of methoxy groups -OCH3 is 2. The predicted molar refractivity (Wildman–Crippen MR) is 79.8 cm³/mol. The molecule has 2 aromatic carbocycles. The summed E-state index contributed by atoms with van der Waals surface area (Å²) >= 11 is 0. The minimum Gasteiger partial charge on any atom is -0.504 e. The van der Waals surface area contributed by atoms with Gasteiger partial charge in [0.2, 0.25) is 0 Å². The summed E-state index contributed by atoms with van der Waals surface area (Å²) in [5.41, 5.74) is 2.06. The molecule has 0 saturated carbocycles. The summed E-state index contributed by atoms with van der Waals surface area (Å²) in [6.45, 7) is 0.445. The lowest BCUT2D eigenvalue weighted by molar-refractivity contribution is 0.0601. The Hall–Kier alpha value is -2.69. The van der Waals surface area contributed by atoms with E-state index in [-0.39, 0.29) is 11.7 Å². The molecule has 0 heterocycles. The number of carbonyl (C=O) groups excluding carboxylic acids is 1. The summed E-state index contributed by atoms with van der Waals surface area (Å²) < 4.78 is 9.70. The van der Waals surface area contributed by atoms with Gasteiger partial charge in [-0.15, -0.1) is 0 Å². The first-order valence-electron chi connectivity index (χ1n) is 6.42. The van der Waals surface area contributed by atoms with Crippen molar-refractivity contribution in [3.63, 3.8) is 0 Å². The molecule has 5 heteroatoms. The maximum atomic E-state index is 11.3. The highest BCUT2D eigenvalue weighted by Crippen LogP contribution is 2.29. The fraction of sp³-hybridized carbons (Fsp3) is 0.188. The van der Waals surface area contributed by atoms with Crippen molar-refractivity contribution in [2.24, 2.45) is 0 Å². The van der Waals surface area contributed by atoms with E-state index in [0.717, 1.165) is 11.3 Å². The zero-order chi connectivity index (χ0) is 15.2. The smallest absolute Gasteiger partial charge is 0.337 e. The zero-order valence-electron chi connectivity index (χ0n) is 11.9. The minimum atomic E-state index is -0.369. The number of hydrogen-bond acceptors (Lipinski definition) is 5. The van der Waals surface area contributed by atoms with Crippen LogP contribution in [0.1, 0.15) is 15.9 Å². The van der Waals surface area contributed by atoms with Crippen molar-refractivity contribution in [3.05, 3.63) is 53.6 Å². The fourth-order valence-corrected chi connectivity index (χ4v) is 1.91. The normalized spacial score (nSPS) is 10.0. The van der Waals surface area contributed by atoms with Crippen LogP contribution in [0, 0.1) is 0 Å². The van der Waals surface area contributed by atoms with E-state index in [1.165, 1.54) is 14.2 Å². The Kier molecular flexibility index (Phi) is 4.66. The van der Waals surface area contributed by atoms with E-state index in [1.807, 2.05) is 12.1 Å². The molecular weight excluding hydrogens is 270 g/mol. The van der Waals surface area contributed by atoms with Crippen molar-refractivity contribution in [1.82, 2.24) is 0 Å². The van der Waals surface area contributed by atoms with Gasteiger partial charge in [-0.3, -0.25) is 0 Å². The number of rotatable bonds is 5. The molecule has 0 aliphatic carbocycles. The molecule has 0 aromatic heterocycles. The maximum Gasteiger partial charge on any atom is 0.337 e. The predicted octanol–water partition coefficient (Wildman–Crippen LogP) is 2.80. The van der Waals surface area contributed by atoms with Crippen LogP contribution in [0.4, 0.5) is 5.69 Å². The summed E-state index contributed by atoms with van der Waals surface area (Å²) in [4.78, 5) is 11.3. The number of anilines is 1. The number of carbonyl (C=O) groups is 1. The van der Waals surface area contributed by atoms with Gasteiger partial charge >= 0.3 is 5.97 Å². The van der Waals surface area contributed by atoms with Crippen molar-refractivity contribution in [2.75, 3.05) is 19.5 Å². The number of phenols is 1. The summed E-state index contributed by atoms with van der Waals surface area (Å²) in [7, 11) is 2.86. The summed E-state index contributed by atoms with van der Waals surface area (Å²) in [5, 5.41) is 13.2. The van der Waals surface area contributed by atoms with Crippen LogP contribution in [-0.2, 0) is 11.3 Å². The third kappa shape index (κ3) is 3.45. The second-order valence-corrected chi connectivity index (χ2v) is 4.39. The molecule has 0 saturated heterocycles. The summed E-state index contributed by atoms with van der Waals surface area (Å²) in [5.74, 6) is 0.195. The lowest BCUT2D eigenvalue weighted by Crippen LogP contribution is -2.03. The number of esters is 1. The van der Waals surface area contributed by atoms with E-state index in [2.05, 4.69) is 10.1 Å². The van der Waals surface area contributed by atoms with Gasteiger partial charge in [-0.2, -0.15) is 0 Å². The van der Waals surface area contributed by atoms with Gasteiger partial charge < -0.3 is 19.9 Å². The van der Waals surface area contributed by atoms with Crippen LogP contribution in [0.15, 0.2) is 42.5 Å². The second kappa shape index (κ2) is 6.65. The standard InChI is InChI=1S/C16H17NO4/c1-20-14-5-3-4-12(15(14)18)10-17-13-8-6-11(7-9-13)16(19)21-2/h3-9,17-18H,10H2,1-2H3. The molecule has 0 amide bonds.